The molecule has 2 aliphatic heterocycles. The molecule has 3 heterocycles. The summed E-state index contributed by atoms with van der Waals surface area (Å²) in [6.45, 7) is 5.01. The quantitative estimate of drug-likeness (QED) is 0.506. The number of benzene rings is 1. The van der Waals surface area contributed by atoms with Gasteiger partial charge in [0.1, 0.15) is 12.4 Å². The molecule has 3 unspecified atom stereocenters. The highest BCUT2D eigenvalue weighted by molar-refractivity contribution is 7.91. The Hall–Kier alpha value is -3.25. The number of fused-ring (bicyclic) bond motifs is 2. The molecule has 0 saturated carbocycles. The number of hydrogen-bond donors (Lipinski definition) is 2. The maximum Gasteiger partial charge on any atom is 0.422 e. The van der Waals surface area contributed by atoms with Crippen LogP contribution in [-0.2, 0) is 14.8 Å². The molecule has 2 fully saturated rings. The second-order valence-electron chi connectivity index (χ2n) is 9.08. The number of ether oxygens (including phenoxy) is 1. The van der Waals surface area contributed by atoms with Crippen LogP contribution in [-0.4, -0.2) is 82.7 Å². The monoisotopic (exact) mass is 548 g/mol. The molecule has 2 bridgehead atoms. The van der Waals surface area contributed by atoms with E-state index in [9.17, 15) is 23.1 Å². The Bertz CT molecular complexity index is 1310. The van der Waals surface area contributed by atoms with Crippen molar-refractivity contribution in [3.05, 3.63) is 35.5 Å². The lowest BCUT2D eigenvalue weighted by Gasteiger charge is -2.46. The molecule has 4 rings (SSSR count). The van der Waals surface area contributed by atoms with Crippen LogP contribution in [0, 0.1) is 18.3 Å². The van der Waals surface area contributed by atoms with Gasteiger partial charge in [-0.1, -0.05) is 11.3 Å². The molecule has 1 aromatic carbocycles. The molecule has 1 aromatic heterocycles. The molecule has 198 valence electrons. The van der Waals surface area contributed by atoms with Crippen LogP contribution in [0.25, 0.3) is 0 Å². The number of amides is 2. The Morgan fingerprint density at radius 2 is 1.92 bits per heavy atom. The van der Waals surface area contributed by atoms with Crippen molar-refractivity contribution in [3.63, 3.8) is 0 Å². The van der Waals surface area contributed by atoms with Gasteiger partial charge in [0.05, 0.1) is 23.4 Å². The Balaban J connectivity index is 1.48. The number of carbonyl (C=O) groups excluding carboxylic acids is 1. The highest BCUT2D eigenvalue weighted by Crippen LogP contribution is 2.37. The molecular weight excluding hydrogens is 520 g/mol. The molecule has 2 aliphatic rings. The smallest absolute Gasteiger partial charge is 0.422 e. The number of nitrogens with zero attached hydrogens (tertiary/aromatic N) is 5. The number of carboxylic acid groups (broad SMARTS) is 1. The minimum absolute atomic E-state index is 0.0726. The lowest BCUT2D eigenvalue weighted by Crippen LogP contribution is -2.64. The van der Waals surface area contributed by atoms with Gasteiger partial charge in [-0.25, -0.2) is 28.2 Å². The van der Waals surface area contributed by atoms with Crippen molar-refractivity contribution in [2.45, 2.75) is 55.9 Å². The number of hydrazine groups is 1. The number of nitriles is 1. The van der Waals surface area contributed by atoms with E-state index in [0.29, 0.717) is 29.8 Å². The van der Waals surface area contributed by atoms with Crippen molar-refractivity contribution in [2.24, 2.45) is 0 Å². The summed E-state index contributed by atoms with van der Waals surface area (Å²) in [5.74, 6) is 0.184. The summed E-state index contributed by atoms with van der Waals surface area (Å²) < 4.78 is 34.2. The summed E-state index contributed by atoms with van der Waals surface area (Å²) in [5.41, 5.74) is 0.807. The first kappa shape index (κ1) is 26.8. The summed E-state index contributed by atoms with van der Waals surface area (Å²) in [7, 11) is -3.88. The first-order valence-electron chi connectivity index (χ1n) is 11.7. The van der Waals surface area contributed by atoms with Gasteiger partial charge in [-0.3, -0.25) is 4.79 Å². The van der Waals surface area contributed by atoms with Crippen LogP contribution < -0.4 is 10.1 Å². The van der Waals surface area contributed by atoms with E-state index in [1.165, 1.54) is 16.2 Å². The van der Waals surface area contributed by atoms with Gasteiger partial charge in [0.25, 0.3) is 10.0 Å². The molecule has 2 saturated heterocycles. The number of hydrogen-bond acceptors (Lipinski definition) is 9. The van der Waals surface area contributed by atoms with Crippen LogP contribution in [0.3, 0.4) is 0 Å². The zero-order chi connectivity index (χ0) is 26.9. The topological polar surface area (TPSA) is 156 Å². The third kappa shape index (κ3) is 5.54. The van der Waals surface area contributed by atoms with Gasteiger partial charge >= 0.3 is 6.09 Å². The third-order valence-corrected chi connectivity index (χ3v) is 9.85. The standard InChI is InChI=1S/C23H28N6O6S2/c1-14(13-35-20-8-4-17(10-24)5-9-20)28(23(31)32)29-18-6-7-19(29)12-27(11-18)37(33,34)21-15(2)25-22(36-21)26-16(3)30/h4-5,8-9,14,18-19H,6-7,11-13H2,1-3H3,(H,31,32)(H,25,26,30). The zero-order valence-electron chi connectivity index (χ0n) is 20.6. The fourth-order valence-electron chi connectivity index (χ4n) is 4.76. The number of piperazine rings is 1. The molecular formula is C23H28N6O6S2. The van der Waals surface area contributed by atoms with Crippen LogP contribution in [0.5, 0.6) is 5.75 Å². The van der Waals surface area contributed by atoms with Crippen molar-refractivity contribution >= 4 is 38.5 Å². The summed E-state index contributed by atoms with van der Waals surface area (Å²) in [5, 5.41) is 24.8. The SMILES string of the molecule is CC(=O)Nc1nc(C)c(S(=O)(=O)N2CC3CCC(C2)N3N(C(=O)O)C(C)COc2ccc(C#N)cc2)s1. The van der Waals surface area contributed by atoms with Crippen molar-refractivity contribution in [2.75, 3.05) is 25.0 Å². The largest absolute Gasteiger partial charge is 0.491 e. The predicted molar refractivity (Wildman–Crippen MR) is 135 cm³/mol. The van der Waals surface area contributed by atoms with E-state index in [2.05, 4.69) is 10.3 Å². The van der Waals surface area contributed by atoms with Crippen LogP contribution in [0.1, 0.15) is 37.9 Å². The molecule has 2 aromatic rings. The molecule has 14 heteroatoms. The van der Waals surface area contributed by atoms with E-state index in [0.717, 1.165) is 11.3 Å². The lowest BCUT2D eigenvalue weighted by atomic mass is 10.2. The Morgan fingerprint density at radius 3 is 2.46 bits per heavy atom. The normalized spacial score (nSPS) is 20.7. The maximum atomic E-state index is 13.5. The molecule has 0 aliphatic carbocycles. The Morgan fingerprint density at radius 1 is 1.30 bits per heavy atom. The number of aryl methyl sites for hydroxylation is 1. The first-order chi connectivity index (χ1) is 17.5. The van der Waals surface area contributed by atoms with E-state index in [1.807, 2.05) is 6.07 Å². The highest BCUT2D eigenvalue weighted by Gasteiger charge is 2.49. The van der Waals surface area contributed by atoms with Crippen LogP contribution in [0.15, 0.2) is 28.5 Å². The van der Waals surface area contributed by atoms with Gasteiger partial charge in [-0.05, 0) is 51.0 Å². The van der Waals surface area contributed by atoms with Gasteiger partial charge < -0.3 is 15.2 Å². The lowest BCUT2D eigenvalue weighted by molar-refractivity contribution is -0.114. The average molecular weight is 549 g/mol. The summed E-state index contributed by atoms with van der Waals surface area (Å²) in [6.07, 6.45) is 0.174. The maximum absolute atomic E-state index is 13.5. The van der Waals surface area contributed by atoms with Gasteiger partial charge in [0.2, 0.25) is 5.91 Å². The average Bonchev–Trinajstić information content (AvgIpc) is 3.31. The molecule has 12 nitrogen and oxygen atoms in total. The minimum Gasteiger partial charge on any atom is -0.491 e. The molecule has 2 amide bonds. The number of thiazole rings is 1. The fraction of sp³-hybridized carbons (Fsp3) is 0.478. The van der Waals surface area contributed by atoms with Gasteiger partial charge in [0.15, 0.2) is 9.34 Å². The summed E-state index contributed by atoms with van der Waals surface area (Å²) >= 11 is 0.910. The highest BCUT2D eigenvalue weighted by atomic mass is 32.2. The predicted octanol–water partition coefficient (Wildman–Crippen LogP) is 2.48. The molecule has 37 heavy (non-hydrogen) atoms. The number of carbonyl (C=O) groups is 2. The minimum atomic E-state index is -3.88. The van der Waals surface area contributed by atoms with E-state index in [4.69, 9.17) is 10.00 Å². The Labute approximate surface area is 219 Å². The second-order valence-corrected chi connectivity index (χ2v) is 12.2. The van der Waals surface area contributed by atoms with Crippen LogP contribution in [0.2, 0.25) is 0 Å². The van der Waals surface area contributed by atoms with E-state index in [-0.39, 0.29) is 47.0 Å². The third-order valence-electron chi connectivity index (χ3n) is 6.36. The van der Waals surface area contributed by atoms with E-state index >= 15 is 0 Å². The van der Waals surface area contributed by atoms with Gasteiger partial charge in [0, 0.05) is 32.1 Å². The first-order valence-corrected chi connectivity index (χ1v) is 14.0. The van der Waals surface area contributed by atoms with E-state index in [1.54, 1.807) is 43.1 Å². The number of anilines is 1. The number of nitrogens with one attached hydrogen (secondary N) is 1. The Kier molecular flexibility index (Phi) is 7.69. The molecule has 0 radical (unpaired) electrons. The van der Waals surface area contributed by atoms with Gasteiger partial charge in [-0.15, -0.1) is 0 Å². The molecule has 3 atom stereocenters. The van der Waals surface area contributed by atoms with Crippen LogP contribution >= 0.6 is 11.3 Å². The van der Waals surface area contributed by atoms with Gasteiger partial charge in [-0.2, -0.15) is 9.57 Å². The van der Waals surface area contributed by atoms with Crippen molar-refractivity contribution in [3.8, 4) is 11.8 Å². The van der Waals surface area contributed by atoms with Crippen molar-refractivity contribution < 1.29 is 27.9 Å². The van der Waals surface area contributed by atoms with E-state index < -0.39 is 22.2 Å². The zero-order valence-corrected chi connectivity index (χ0v) is 22.3. The number of rotatable bonds is 8. The van der Waals surface area contributed by atoms with Crippen molar-refractivity contribution in [1.82, 2.24) is 19.3 Å². The fourth-order valence-corrected chi connectivity index (χ4v) is 7.87. The molecule has 2 N–H and O–H groups in total. The second kappa shape index (κ2) is 10.6. The molecule has 0 spiro atoms. The number of aromatic nitrogens is 1. The van der Waals surface area contributed by atoms with Crippen LogP contribution in [0.4, 0.5) is 9.93 Å². The van der Waals surface area contributed by atoms with Crippen molar-refractivity contribution in [1.29, 1.82) is 5.26 Å². The summed E-state index contributed by atoms with van der Waals surface area (Å²) in [6, 6.07) is 7.42. The number of sulfonamides is 1. The summed E-state index contributed by atoms with van der Waals surface area (Å²) in [4.78, 5) is 27.8.